The molecular formula is C16H24Cl2FIN2O. The van der Waals surface area contributed by atoms with E-state index in [4.69, 9.17) is 4.74 Å². The lowest BCUT2D eigenvalue weighted by Gasteiger charge is -2.41. The van der Waals surface area contributed by atoms with Crippen LogP contribution in [0.5, 0.6) is 0 Å². The molecule has 1 aromatic rings. The number of benzene rings is 1. The fourth-order valence-electron chi connectivity index (χ4n) is 3.48. The molecule has 0 radical (unpaired) electrons. The van der Waals surface area contributed by atoms with Crippen molar-refractivity contribution in [2.45, 2.75) is 18.9 Å². The van der Waals surface area contributed by atoms with Gasteiger partial charge in [-0.2, -0.15) is 0 Å². The number of nitrogens with zero attached hydrogens (tertiary/aromatic N) is 1. The monoisotopic (exact) mass is 476 g/mol. The third-order valence-corrected chi connectivity index (χ3v) is 5.21. The first kappa shape index (κ1) is 21.4. The predicted molar refractivity (Wildman–Crippen MR) is 104 cm³/mol. The van der Waals surface area contributed by atoms with Crippen molar-refractivity contribution in [2.24, 2.45) is 5.92 Å². The third kappa shape index (κ3) is 5.41. The molecule has 1 atom stereocenters. The highest BCUT2D eigenvalue weighted by molar-refractivity contribution is 14.1. The van der Waals surface area contributed by atoms with Gasteiger partial charge in [0.05, 0.1) is 0 Å². The van der Waals surface area contributed by atoms with E-state index in [0.29, 0.717) is 5.92 Å². The molecule has 2 heterocycles. The quantitative estimate of drug-likeness (QED) is 0.674. The second-order valence-corrected chi connectivity index (χ2v) is 7.09. The summed E-state index contributed by atoms with van der Waals surface area (Å²) in [4.78, 5) is 2.46. The Morgan fingerprint density at radius 3 is 2.48 bits per heavy atom. The molecule has 1 aromatic carbocycles. The summed E-state index contributed by atoms with van der Waals surface area (Å²) in [6, 6.07) is 5.67. The van der Waals surface area contributed by atoms with Gasteiger partial charge in [-0.1, -0.05) is 0 Å². The van der Waals surface area contributed by atoms with Crippen LogP contribution in [0.4, 0.5) is 4.39 Å². The molecule has 0 bridgehead atoms. The molecule has 2 saturated heterocycles. The van der Waals surface area contributed by atoms with Crippen molar-refractivity contribution in [1.29, 1.82) is 0 Å². The van der Waals surface area contributed by atoms with Crippen LogP contribution in [0.1, 0.15) is 24.4 Å². The standard InChI is InChI=1S/C16H22FIN2O.2ClH/c17-15-2-1-13(18)11-14(15)16(12-3-9-21-10-4-12)20-7-5-19-6-8-20;;/h1-2,11-12,16,19H,3-10H2;2*1H/t16-;;/m0../s1. The number of piperazine rings is 1. The van der Waals surface area contributed by atoms with Crippen LogP contribution in [0.15, 0.2) is 18.2 Å². The first-order valence-electron chi connectivity index (χ1n) is 7.73. The molecule has 3 rings (SSSR count). The van der Waals surface area contributed by atoms with Crippen molar-refractivity contribution in [3.05, 3.63) is 33.1 Å². The lowest BCUT2D eigenvalue weighted by atomic mass is 9.85. The molecule has 0 unspecified atom stereocenters. The fraction of sp³-hybridized carbons (Fsp3) is 0.625. The summed E-state index contributed by atoms with van der Waals surface area (Å²) in [5.41, 5.74) is 0.871. The van der Waals surface area contributed by atoms with E-state index in [0.717, 1.165) is 61.4 Å². The van der Waals surface area contributed by atoms with E-state index < -0.39 is 0 Å². The van der Waals surface area contributed by atoms with Gasteiger partial charge in [0.1, 0.15) is 5.82 Å². The van der Waals surface area contributed by atoms with Gasteiger partial charge in [-0.25, -0.2) is 4.39 Å². The van der Waals surface area contributed by atoms with E-state index in [1.165, 1.54) is 0 Å². The topological polar surface area (TPSA) is 24.5 Å². The summed E-state index contributed by atoms with van der Waals surface area (Å²) in [6.07, 6.45) is 2.05. The Hall–Kier alpha value is 0.340. The second kappa shape index (κ2) is 10.4. The highest BCUT2D eigenvalue weighted by Crippen LogP contribution is 2.37. The molecule has 23 heavy (non-hydrogen) atoms. The van der Waals surface area contributed by atoms with Crippen molar-refractivity contribution in [1.82, 2.24) is 10.2 Å². The minimum absolute atomic E-state index is 0. The number of hydrogen-bond donors (Lipinski definition) is 1. The first-order chi connectivity index (χ1) is 10.3. The van der Waals surface area contributed by atoms with E-state index in [9.17, 15) is 4.39 Å². The van der Waals surface area contributed by atoms with Crippen molar-refractivity contribution in [2.75, 3.05) is 39.4 Å². The number of rotatable bonds is 3. The van der Waals surface area contributed by atoms with E-state index in [2.05, 4.69) is 32.8 Å². The maximum atomic E-state index is 14.5. The Kier molecular flexibility index (Phi) is 9.63. The molecule has 7 heteroatoms. The Balaban J connectivity index is 0.00000132. The molecule has 0 saturated carbocycles. The Bertz CT molecular complexity index is 465. The van der Waals surface area contributed by atoms with Crippen LogP contribution in [0.3, 0.4) is 0 Å². The molecule has 2 fully saturated rings. The molecule has 0 aliphatic carbocycles. The molecule has 1 N–H and O–H groups in total. The van der Waals surface area contributed by atoms with Gasteiger partial charge in [0.15, 0.2) is 0 Å². The lowest BCUT2D eigenvalue weighted by Crippen LogP contribution is -2.47. The van der Waals surface area contributed by atoms with Crippen molar-refractivity contribution < 1.29 is 9.13 Å². The van der Waals surface area contributed by atoms with Crippen LogP contribution in [-0.2, 0) is 4.74 Å². The van der Waals surface area contributed by atoms with Crippen LogP contribution in [0.25, 0.3) is 0 Å². The average Bonchev–Trinajstić information content (AvgIpc) is 2.53. The Morgan fingerprint density at radius 1 is 1.17 bits per heavy atom. The minimum atomic E-state index is -0.0644. The van der Waals surface area contributed by atoms with E-state index in [1.54, 1.807) is 6.07 Å². The Labute approximate surface area is 163 Å². The van der Waals surface area contributed by atoms with Crippen LogP contribution in [0.2, 0.25) is 0 Å². The summed E-state index contributed by atoms with van der Waals surface area (Å²) in [5.74, 6) is 0.426. The zero-order valence-electron chi connectivity index (χ0n) is 13.0. The van der Waals surface area contributed by atoms with Gasteiger partial charge < -0.3 is 10.1 Å². The molecule has 0 spiro atoms. The van der Waals surface area contributed by atoms with Gasteiger partial charge in [0, 0.05) is 54.6 Å². The number of hydrogen-bond acceptors (Lipinski definition) is 3. The number of nitrogens with one attached hydrogen (secondary N) is 1. The summed E-state index contributed by atoms with van der Waals surface area (Å²) < 4.78 is 21.1. The van der Waals surface area contributed by atoms with Crippen LogP contribution < -0.4 is 5.32 Å². The zero-order valence-corrected chi connectivity index (χ0v) is 16.8. The summed E-state index contributed by atoms with van der Waals surface area (Å²) in [7, 11) is 0. The molecule has 132 valence electrons. The minimum Gasteiger partial charge on any atom is -0.381 e. The van der Waals surface area contributed by atoms with Crippen molar-refractivity contribution in [3.8, 4) is 0 Å². The van der Waals surface area contributed by atoms with Gasteiger partial charge >= 0.3 is 0 Å². The van der Waals surface area contributed by atoms with Crippen LogP contribution in [-0.4, -0.2) is 44.3 Å². The van der Waals surface area contributed by atoms with E-state index in [-0.39, 0.29) is 36.7 Å². The fourth-order valence-corrected chi connectivity index (χ4v) is 4.00. The van der Waals surface area contributed by atoms with Gasteiger partial charge in [-0.3, -0.25) is 4.90 Å². The third-order valence-electron chi connectivity index (χ3n) is 4.53. The summed E-state index contributed by atoms with van der Waals surface area (Å²) in [6.45, 7) is 5.58. The molecule has 0 amide bonds. The van der Waals surface area contributed by atoms with Gasteiger partial charge in [-0.05, 0) is 59.5 Å². The maximum absolute atomic E-state index is 14.5. The summed E-state index contributed by atoms with van der Waals surface area (Å²) in [5, 5.41) is 3.39. The van der Waals surface area contributed by atoms with E-state index in [1.807, 2.05) is 12.1 Å². The highest BCUT2D eigenvalue weighted by atomic mass is 127. The normalized spacial score (nSPS) is 21.1. The molecule has 0 aromatic heterocycles. The smallest absolute Gasteiger partial charge is 0.128 e. The van der Waals surface area contributed by atoms with Crippen molar-refractivity contribution in [3.63, 3.8) is 0 Å². The Morgan fingerprint density at radius 2 is 1.83 bits per heavy atom. The van der Waals surface area contributed by atoms with Crippen LogP contribution >= 0.6 is 47.4 Å². The van der Waals surface area contributed by atoms with Gasteiger partial charge in [-0.15, -0.1) is 24.8 Å². The van der Waals surface area contributed by atoms with E-state index >= 15 is 0 Å². The zero-order chi connectivity index (χ0) is 14.7. The predicted octanol–water partition coefficient (Wildman–Crippen LogP) is 3.65. The first-order valence-corrected chi connectivity index (χ1v) is 8.81. The molecular weight excluding hydrogens is 453 g/mol. The summed E-state index contributed by atoms with van der Waals surface area (Å²) >= 11 is 2.27. The van der Waals surface area contributed by atoms with Gasteiger partial charge in [0.2, 0.25) is 0 Å². The van der Waals surface area contributed by atoms with Crippen molar-refractivity contribution >= 4 is 47.4 Å². The number of ether oxygens (including phenoxy) is 1. The maximum Gasteiger partial charge on any atom is 0.128 e. The molecule has 2 aliphatic heterocycles. The van der Waals surface area contributed by atoms with Gasteiger partial charge in [0.25, 0.3) is 0 Å². The highest BCUT2D eigenvalue weighted by Gasteiger charge is 2.32. The second-order valence-electron chi connectivity index (χ2n) is 5.85. The number of halogens is 4. The average molecular weight is 477 g/mol. The largest absolute Gasteiger partial charge is 0.381 e. The SMILES string of the molecule is Cl.Cl.Fc1ccc(I)cc1[C@H](C1CCOCC1)N1CCNCC1. The van der Waals surface area contributed by atoms with Crippen LogP contribution in [0, 0.1) is 15.3 Å². The molecule has 3 nitrogen and oxygen atoms in total. The molecule has 2 aliphatic rings. The lowest BCUT2D eigenvalue weighted by molar-refractivity contribution is 0.0202.